The fourth-order valence-electron chi connectivity index (χ4n) is 4.66. The van der Waals surface area contributed by atoms with Crippen molar-refractivity contribution in [2.75, 3.05) is 37.7 Å². The summed E-state index contributed by atoms with van der Waals surface area (Å²) >= 11 is 0. The normalized spacial score (nSPS) is 17.6. The zero-order valence-electron chi connectivity index (χ0n) is 20.2. The maximum atomic E-state index is 12.8. The van der Waals surface area contributed by atoms with Gasteiger partial charge in [0.15, 0.2) is 0 Å². The van der Waals surface area contributed by atoms with Crippen molar-refractivity contribution in [2.45, 2.75) is 32.2 Å². The zero-order chi connectivity index (χ0) is 25.0. The highest BCUT2D eigenvalue weighted by molar-refractivity contribution is 6.15. The Morgan fingerprint density at radius 2 is 2.00 bits per heavy atom. The van der Waals surface area contributed by atoms with E-state index in [2.05, 4.69) is 22.4 Å². The molecule has 2 aromatic carbocycles. The molecule has 0 radical (unpaired) electrons. The molecule has 0 aromatic heterocycles. The zero-order valence-corrected chi connectivity index (χ0v) is 20.2. The second kappa shape index (κ2) is 10.4. The molecular weight excluding hydrogens is 444 g/mol. The number of rotatable bonds is 7. The van der Waals surface area contributed by atoms with E-state index in [1.165, 1.54) is 6.92 Å². The molecule has 0 atom stereocenters. The first kappa shape index (κ1) is 24.6. The van der Waals surface area contributed by atoms with E-state index in [9.17, 15) is 19.8 Å². The lowest BCUT2D eigenvalue weighted by atomic mass is 9.88. The van der Waals surface area contributed by atoms with Crippen molar-refractivity contribution in [3.63, 3.8) is 0 Å². The van der Waals surface area contributed by atoms with Crippen LogP contribution >= 0.6 is 0 Å². The monoisotopic (exact) mass is 476 g/mol. The van der Waals surface area contributed by atoms with Gasteiger partial charge in [-0.2, -0.15) is 0 Å². The van der Waals surface area contributed by atoms with Crippen LogP contribution in [-0.2, 0) is 9.59 Å². The van der Waals surface area contributed by atoms with Crippen LogP contribution < -0.4 is 10.2 Å². The standard InChI is InChI=1S/C27H32N4O4/c1-19-17-23(31(15-16-32)20(2)33)9-8-21(19)6-4-12-30-13-10-27(11-14-30)26(35)28-25(29-27)22-5-3-7-24(34)18-22/h3-9,17-18,32,34H,10-16H2,1-2H3,(H,28,29,35)/b6-4+. The maximum Gasteiger partial charge on any atom is 0.253 e. The Hall–Kier alpha value is -3.49. The number of carbonyl (C=O) groups is 2. The van der Waals surface area contributed by atoms with Crippen molar-refractivity contribution in [2.24, 2.45) is 4.99 Å². The Bertz CT molecular complexity index is 1170. The number of phenols is 1. The van der Waals surface area contributed by atoms with Gasteiger partial charge in [-0.25, -0.2) is 0 Å². The maximum absolute atomic E-state index is 12.8. The number of hydrogen-bond donors (Lipinski definition) is 3. The third kappa shape index (κ3) is 5.44. The lowest BCUT2D eigenvalue weighted by Crippen LogP contribution is -2.49. The average molecular weight is 477 g/mol. The minimum Gasteiger partial charge on any atom is -0.508 e. The number of anilines is 1. The van der Waals surface area contributed by atoms with Gasteiger partial charge in [0.2, 0.25) is 5.91 Å². The summed E-state index contributed by atoms with van der Waals surface area (Å²) in [4.78, 5) is 33.2. The van der Waals surface area contributed by atoms with Crippen LogP contribution in [-0.4, -0.2) is 71.1 Å². The van der Waals surface area contributed by atoms with Gasteiger partial charge in [-0.15, -0.1) is 0 Å². The molecule has 0 saturated carbocycles. The van der Waals surface area contributed by atoms with Crippen molar-refractivity contribution in [1.82, 2.24) is 10.2 Å². The highest BCUT2D eigenvalue weighted by Crippen LogP contribution is 2.31. The van der Waals surface area contributed by atoms with Crippen molar-refractivity contribution < 1.29 is 19.8 Å². The van der Waals surface area contributed by atoms with Crippen LogP contribution in [0, 0.1) is 6.92 Å². The molecule has 184 valence electrons. The second-order valence-corrected chi connectivity index (χ2v) is 9.13. The summed E-state index contributed by atoms with van der Waals surface area (Å²) < 4.78 is 0. The Labute approximate surface area is 205 Å². The van der Waals surface area contributed by atoms with Gasteiger partial charge in [0, 0.05) is 44.4 Å². The van der Waals surface area contributed by atoms with Crippen molar-refractivity contribution >= 4 is 29.4 Å². The molecular formula is C27H32N4O4. The lowest BCUT2D eigenvalue weighted by molar-refractivity contribution is -0.125. The first-order valence-corrected chi connectivity index (χ1v) is 11.9. The van der Waals surface area contributed by atoms with Crippen LogP contribution in [0.3, 0.4) is 0 Å². The summed E-state index contributed by atoms with van der Waals surface area (Å²) in [7, 11) is 0. The summed E-state index contributed by atoms with van der Waals surface area (Å²) in [6.45, 7) is 6.00. The molecule has 2 amide bonds. The van der Waals surface area contributed by atoms with Gasteiger partial charge in [-0.05, 0) is 55.2 Å². The number of nitrogens with zero attached hydrogens (tertiary/aromatic N) is 3. The van der Waals surface area contributed by atoms with Crippen molar-refractivity contribution in [1.29, 1.82) is 0 Å². The first-order valence-electron chi connectivity index (χ1n) is 11.9. The van der Waals surface area contributed by atoms with Gasteiger partial charge >= 0.3 is 0 Å². The number of nitrogens with one attached hydrogen (secondary N) is 1. The van der Waals surface area contributed by atoms with E-state index in [4.69, 9.17) is 4.99 Å². The third-order valence-electron chi connectivity index (χ3n) is 6.71. The number of aliphatic imine (C=N–C) groups is 1. The van der Waals surface area contributed by atoms with E-state index in [0.717, 1.165) is 36.4 Å². The number of aryl methyl sites for hydroxylation is 1. The molecule has 1 fully saturated rings. The Kier molecular flexibility index (Phi) is 7.33. The van der Waals surface area contributed by atoms with Crippen LogP contribution in [0.5, 0.6) is 5.75 Å². The highest BCUT2D eigenvalue weighted by atomic mass is 16.3. The molecule has 35 heavy (non-hydrogen) atoms. The number of amidine groups is 1. The molecule has 4 rings (SSSR count). The van der Waals surface area contributed by atoms with Crippen LogP contribution in [0.4, 0.5) is 5.69 Å². The molecule has 2 aliphatic rings. The quantitative estimate of drug-likeness (QED) is 0.569. The van der Waals surface area contributed by atoms with E-state index >= 15 is 0 Å². The number of amides is 2. The van der Waals surface area contributed by atoms with Gasteiger partial charge in [0.1, 0.15) is 17.1 Å². The largest absolute Gasteiger partial charge is 0.508 e. The number of aliphatic hydroxyl groups excluding tert-OH is 1. The van der Waals surface area contributed by atoms with Crippen LogP contribution in [0.2, 0.25) is 0 Å². The minimum atomic E-state index is -0.732. The molecule has 0 bridgehead atoms. The van der Waals surface area contributed by atoms with E-state index in [1.807, 2.05) is 31.2 Å². The number of piperidine rings is 1. The van der Waals surface area contributed by atoms with Gasteiger partial charge < -0.3 is 20.4 Å². The second-order valence-electron chi connectivity index (χ2n) is 9.13. The van der Waals surface area contributed by atoms with E-state index in [-0.39, 0.29) is 30.7 Å². The number of aliphatic hydroxyl groups is 1. The molecule has 0 aliphatic carbocycles. The molecule has 2 aliphatic heterocycles. The fourth-order valence-corrected chi connectivity index (χ4v) is 4.66. The van der Waals surface area contributed by atoms with Gasteiger partial charge in [0.25, 0.3) is 5.91 Å². The Balaban J connectivity index is 1.35. The van der Waals surface area contributed by atoms with Gasteiger partial charge in [-0.3, -0.25) is 19.5 Å². The predicted octanol–water partition coefficient (Wildman–Crippen LogP) is 2.47. The molecule has 1 saturated heterocycles. The highest BCUT2D eigenvalue weighted by Gasteiger charge is 2.45. The fraction of sp³-hybridized carbons (Fsp3) is 0.370. The van der Waals surface area contributed by atoms with Crippen molar-refractivity contribution in [3.05, 3.63) is 65.2 Å². The lowest BCUT2D eigenvalue weighted by Gasteiger charge is -2.34. The van der Waals surface area contributed by atoms with E-state index < -0.39 is 5.54 Å². The van der Waals surface area contributed by atoms with Crippen molar-refractivity contribution in [3.8, 4) is 5.75 Å². The number of phenolic OH excluding ortho intramolecular Hbond substituents is 1. The Morgan fingerprint density at radius 1 is 1.23 bits per heavy atom. The Morgan fingerprint density at radius 3 is 2.66 bits per heavy atom. The summed E-state index contributed by atoms with van der Waals surface area (Å²) in [5, 5.41) is 21.9. The summed E-state index contributed by atoms with van der Waals surface area (Å²) in [6.07, 6.45) is 5.49. The molecule has 3 N–H and O–H groups in total. The van der Waals surface area contributed by atoms with E-state index in [1.54, 1.807) is 23.1 Å². The molecule has 8 heteroatoms. The van der Waals surface area contributed by atoms with Crippen LogP contribution in [0.1, 0.15) is 36.5 Å². The number of carbonyl (C=O) groups excluding carboxylic acids is 2. The topological polar surface area (TPSA) is 105 Å². The first-order chi connectivity index (χ1) is 16.8. The van der Waals surface area contributed by atoms with Crippen LogP contribution in [0.15, 0.2) is 53.5 Å². The third-order valence-corrected chi connectivity index (χ3v) is 6.71. The molecule has 8 nitrogen and oxygen atoms in total. The van der Waals surface area contributed by atoms with Gasteiger partial charge in [-0.1, -0.05) is 30.4 Å². The predicted molar refractivity (Wildman–Crippen MR) is 137 cm³/mol. The average Bonchev–Trinajstić information content (AvgIpc) is 3.15. The molecule has 1 spiro atoms. The molecule has 2 aromatic rings. The minimum absolute atomic E-state index is 0.0671. The summed E-state index contributed by atoms with van der Waals surface area (Å²) in [5.74, 6) is 0.509. The molecule has 0 unspecified atom stereocenters. The molecule has 2 heterocycles. The van der Waals surface area contributed by atoms with E-state index in [0.29, 0.717) is 24.2 Å². The SMILES string of the molecule is CC(=O)N(CCO)c1ccc(/C=C/CN2CCC3(CC2)N=C(c2cccc(O)c2)NC3=O)c(C)c1. The summed E-state index contributed by atoms with van der Waals surface area (Å²) in [5.41, 5.74) is 2.89. The van der Waals surface area contributed by atoms with Gasteiger partial charge in [0.05, 0.1) is 6.61 Å². The number of aromatic hydroxyl groups is 1. The smallest absolute Gasteiger partial charge is 0.253 e. The van der Waals surface area contributed by atoms with Crippen LogP contribution in [0.25, 0.3) is 6.08 Å². The number of hydrogen-bond acceptors (Lipinski definition) is 6. The summed E-state index contributed by atoms with van der Waals surface area (Å²) in [6, 6.07) is 12.6. The number of likely N-dealkylation sites (tertiary alicyclic amines) is 1. The number of benzene rings is 2.